The summed E-state index contributed by atoms with van der Waals surface area (Å²) < 4.78 is 16.4. The topological polar surface area (TPSA) is 50.2 Å². The summed E-state index contributed by atoms with van der Waals surface area (Å²) in [4.78, 5) is 19.8. The summed E-state index contributed by atoms with van der Waals surface area (Å²) in [6, 6.07) is 25.6. The van der Waals surface area contributed by atoms with Gasteiger partial charge in [-0.15, -0.1) is 0 Å². The Balaban J connectivity index is 1.43. The summed E-state index contributed by atoms with van der Waals surface area (Å²) in [6.07, 6.45) is 1.97. The molecule has 0 aliphatic rings. The van der Waals surface area contributed by atoms with Gasteiger partial charge < -0.3 is 10.2 Å². The average Bonchev–Trinajstić information content (AvgIpc) is 3.48. The van der Waals surface area contributed by atoms with Gasteiger partial charge in [0.05, 0.1) is 16.8 Å². The van der Waals surface area contributed by atoms with Crippen molar-refractivity contribution in [3.63, 3.8) is 0 Å². The zero-order valence-electron chi connectivity index (χ0n) is 18.6. The van der Waals surface area contributed by atoms with Gasteiger partial charge in [-0.3, -0.25) is 4.57 Å². The molecule has 0 unspecified atom stereocenters. The van der Waals surface area contributed by atoms with Crippen LogP contribution >= 0.6 is 11.3 Å². The van der Waals surface area contributed by atoms with Crippen molar-refractivity contribution in [1.82, 2.24) is 14.5 Å². The zero-order valence-corrected chi connectivity index (χ0v) is 19.4. The number of aromatic nitrogens is 2. The van der Waals surface area contributed by atoms with Crippen LogP contribution in [0.2, 0.25) is 0 Å². The Morgan fingerprint density at radius 3 is 2.50 bits per heavy atom. The Bertz CT molecular complexity index is 1390. The van der Waals surface area contributed by atoms with E-state index in [9.17, 15) is 9.18 Å². The first kappa shape index (κ1) is 21.9. The first-order chi connectivity index (χ1) is 16.5. The number of carbonyl (C=O) groups is 1. The molecule has 5 nitrogen and oxygen atoms in total. The molecule has 0 radical (unpaired) electrons. The van der Waals surface area contributed by atoms with Crippen molar-refractivity contribution in [3.05, 3.63) is 114 Å². The Labute approximate surface area is 201 Å². The number of amides is 2. The lowest BCUT2D eigenvalue weighted by atomic mass is 10.1. The van der Waals surface area contributed by atoms with E-state index in [0.29, 0.717) is 18.8 Å². The van der Waals surface area contributed by atoms with Crippen LogP contribution in [0.15, 0.2) is 91.1 Å². The van der Waals surface area contributed by atoms with Gasteiger partial charge in [0.25, 0.3) is 0 Å². The van der Waals surface area contributed by atoms with E-state index in [1.54, 1.807) is 28.4 Å². The molecule has 2 amide bonds. The van der Waals surface area contributed by atoms with E-state index in [1.807, 2.05) is 72.3 Å². The summed E-state index contributed by atoms with van der Waals surface area (Å²) in [5, 5.41) is 3.75. The summed E-state index contributed by atoms with van der Waals surface area (Å²) in [5.74, 6) is -0.344. The highest BCUT2D eigenvalue weighted by atomic mass is 32.1. The van der Waals surface area contributed by atoms with Gasteiger partial charge in [-0.2, -0.15) is 0 Å². The fourth-order valence-electron chi connectivity index (χ4n) is 3.74. The minimum Gasteiger partial charge on any atom is -0.314 e. The number of aryl methyl sites for hydroxylation is 1. The van der Waals surface area contributed by atoms with Crippen molar-refractivity contribution in [1.29, 1.82) is 0 Å². The molecule has 0 aliphatic heterocycles. The van der Waals surface area contributed by atoms with Crippen molar-refractivity contribution in [2.75, 3.05) is 5.32 Å². The standard InChI is InChI=1S/C27H23FN4OS/c1-19-8-10-20(11-9-19)17-31(26(33)29-22-14-12-21(28)13-15-22)18-23-5-4-16-32(23)27-30-24-6-2-3-7-25(24)34-27/h2-16H,17-18H2,1H3,(H,29,33). The molecule has 2 aromatic heterocycles. The van der Waals surface area contributed by atoms with Gasteiger partial charge in [-0.05, 0) is 61.0 Å². The third-order valence-electron chi connectivity index (χ3n) is 5.55. The summed E-state index contributed by atoms with van der Waals surface area (Å²) >= 11 is 1.61. The predicted molar refractivity (Wildman–Crippen MR) is 135 cm³/mol. The molecule has 0 saturated heterocycles. The van der Waals surface area contributed by atoms with Crippen LogP contribution in [0.5, 0.6) is 0 Å². The van der Waals surface area contributed by atoms with Crippen LogP contribution in [0.1, 0.15) is 16.8 Å². The van der Waals surface area contributed by atoms with E-state index >= 15 is 0 Å². The Morgan fingerprint density at radius 1 is 0.971 bits per heavy atom. The fraction of sp³-hybridized carbons (Fsp3) is 0.111. The van der Waals surface area contributed by atoms with Crippen molar-refractivity contribution in [2.24, 2.45) is 0 Å². The number of carbonyl (C=O) groups excluding carboxylic acids is 1. The van der Waals surface area contributed by atoms with Crippen LogP contribution in [0.4, 0.5) is 14.9 Å². The van der Waals surface area contributed by atoms with E-state index in [-0.39, 0.29) is 11.8 Å². The molecular weight excluding hydrogens is 447 g/mol. The number of hydrogen-bond acceptors (Lipinski definition) is 3. The monoisotopic (exact) mass is 470 g/mol. The van der Waals surface area contributed by atoms with Crippen LogP contribution in [-0.2, 0) is 13.1 Å². The number of anilines is 1. The van der Waals surface area contributed by atoms with Crippen LogP contribution in [0, 0.1) is 12.7 Å². The molecule has 0 atom stereocenters. The molecule has 5 rings (SSSR count). The lowest BCUT2D eigenvalue weighted by Crippen LogP contribution is -2.34. The van der Waals surface area contributed by atoms with Gasteiger partial charge in [0, 0.05) is 24.1 Å². The molecule has 0 bridgehead atoms. The highest BCUT2D eigenvalue weighted by Gasteiger charge is 2.18. The lowest BCUT2D eigenvalue weighted by Gasteiger charge is -2.24. The lowest BCUT2D eigenvalue weighted by molar-refractivity contribution is 0.205. The van der Waals surface area contributed by atoms with Crippen LogP contribution < -0.4 is 5.32 Å². The van der Waals surface area contributed by atoms with Crippen LogP contribution in [-0.4, -0.2) is 20.5 Å². The second-order valence-electron chi connectivity index (χ2n) is 8.11. The number of rotatable bonds is 6. The number of hydrogen-bond donors (Lipinski definition) is 1. The van der Waals surface area contributed by atoms with E-state index in [1.165, 1.54) is 12.1 Å². The van der Waals surface area contributed by atoms with E-state index in [0.717, 1.165) is 32.2 Å². The summed E-state index contributed by atoms with van der Waals surface area (Å²) in [6.45, 7) is 2.84. The largest absolute Gasteiger partial charge is 0.322 e. The Kier molecular flexibility index (Phi) is 6.10. The fourth-order valence-corrected chi connectivity index (χ4v) is 4.72. The normalized spacial score (nSPS) is 11.0. The molecule has 0 fully saturated rings. The minimum absolute atomic E-state index is 0.260. The second kappa shape index (κ2) is 9.49. The summed E-state index contributed by atoms with van der Waals surface area (Å²) in [5.41, 5.74) is 4.63. The molecule has 1 N–H and O–H groups in total. The first-order valence-corrected chi connectivity index (χ1v) is 11.8. The van der Waals surface area contributed by atoms with Crippen molar-refractivity contribution >= 4 is 33.3 Å². The minimum atomic E-state index is -0.344. The van der Waals surface area contributed by atoms with E-state index in [2.05, 4.69) is 11.4 Å². The molecule has 5 aromatic rings. The molecule has 2 heterocycles. The van der Waals surface area contributed by atoms with Gasteiger partial charge in [0.15, 0.2) is 5.13 Å². The maximum atomic E-state index is 13.3. The Morgan fingerprint density at radius 2 is 1.74 bits per heavy atom. The predicted octanol–water partition coefficient (Wildman–Crippen LogP) is 6.77. The van der Waals surface area contributed by atoms with Gasteiger partial charge >= 0.3 is 6.03 Å². The highest BCUT2D eigenvalue weighted by Crippen LogP contribution is 2.26. The Hall–Kier alpha value is -3.97. The maximum Gasteiger partial charge on any atom is 0.322 e. The molecule has 0 aliphatic carbocycles. The first-order valence-electron chi connectivity index (χ1n) is 10.9. The number of fused-ring (bicyclic) bond motifs is 1. The molecule has 7 heteroatoms. The van der Waals surface area contributed by atoms with Crippen LogP contribution in [0.3, 0.4) is 0 Å². The number of nitrogens with one attached hydrogen (secondary N) is 1. The smallest absolute Gasteiger partial charge is 0.314 e. The number of benzene rings is 3. The molecule has 0 saturated carbocycles. The van der Waals surface area contributed by atoms with Crippen molar-refractivity contribution in [3.8, 4) is 5.13 Å². The quantitative estimate of drug-likeness (QED) is 0.298. The number of para-hydroxylation sites is 1. The number of urea groups is 1. The number of thiazole rings is 1. The third kappa shape index (κ3) is 4.84. The summed E-state index contributed by atoms with van der Waals surface area (Å²) in [7, 11) is 0. The number of halogens is 1. The molecule has 170 valence electrons. The zero-order chi connectivity index (χ0) is 23.5. The van der Waals surface area contributed by atoms with Gasteiger partial charge in [0.1, 0.15) is 5.82 Å². The molecular formula is C27H23FN4OS. The van der Waals surface area contributed by atoms with Crippen LogP contribution in [0.25, 0.3) is 15.3 Å². The van der Waals surface area contributed by atoms with Crippen molar-refractivity contribution in [2.45, 2.75) is 20.0 Å². The highest BCUT2D eigenvalue weighted by molar-refractivity contribution is 7.20. The molecule has 34 heavy (non-hydrogen) atoms. The molecule has 3 aromatic carbocycles. The third-order valence-corrected chi connectivity index (χ3v) is 6.59. The SMILES string of the molecule is Cc1ccc(CN(Cc2cccn2-c2nc3ccccc3s2)C(=O)Nc2ccc(F)cc2)cc1. The molecule has 0 spiro atoms. The van der Waals surface area contributed by atoms with Gasteiger partial charge in [-0.1, -0.05) is 53.3 Å². The van der Waals surface area contributed by atoms with E-state index < -0.39 is 0 Å². The second-order valence-corrected chi connectivity index (χ2v) is 9.12. The maximum absolute atomic E-state index is 13.3. The van der Waals surface area contributed by atoms with E-state index in [4.69, 9.17) is 4.98 Å². The average molecular weight is 471 g/mol. The number of nitrogens with zero attached hydrogens (tertiary/aromatic N) is 3. The van der Waals surface area contributed by atoms with Crippen molar-refractivity contribution < 1.29 is 9.18 Å². The van der Waals surface area contributed by atoms with Gasteiger partial charge in [0.2, 0.25) is 0 Å². The van der Waals surface area contributed by atoms with Gasteiger partial charge in [-0.25, -0.2) is 14.2 Å².